The third-order valence-corrected chi connectivity index (χ3v) is 5.72. The maximum atomic E-state index is 12.7. The van der Waals surface area contributed by atoms with E-state index >= 15 is 0 Å². The number of benzene rings is 2. The lowest BCUT2D eigenvalue weighted by Gasteiger charge is -2.23. The summed E-state index contributed by atoms with van der Waals surface area (Å²) < 4.78 is 31.3. The molecule has 1 atom stereocenters. The van der Waals surface area contributed by atoms with Crippen LogP contribution in [-0.2, 0) is 9.84 Å². The van der Waals surface area contributed by atoms with E-state index in [1.165, 1.54) is 18.2 Å². The highest BCUT2D eigenvalue weighted by Crippen LogP contribution is 2.31. The Morgan fingerprint density at radius 3 is 2.52 bits per heavy atom. The van der Waals surface area contributed by atoms with Gasteiger partial charge in [0.05, 0.1) is 4.90 Å². The van der Waals surface area contributed by atoms with E-state index < -0.39 is 9.84 Å². The number of aryl methyl sites for hydroxylation is 1. The number of para-hydroxylation sites is 1. The van der Waals surface area contributed by atoms with Gasteiger partial charge in [0.15, 0.2) is 0 Å². The van der Waals surface area contributed by atoms with Gasteiger partial charge in [-0.15, -0.1) is 0 Å². The third-order valence-electron chi connectivity index (χ3n) is 4.04. The molecule has 0 N–H and O–H groups in total. The normalized spacial score (nSPS) is 17.1. The molecular formula is C20H17NO3S. The van der Waals surface area contributed by atoms with Crippen LogP contribution in [0.5, 0.6) is 5.75 Å². The van der Waals surface area contributed by atoms with Gasteiger partial charge in [-0.1, -0.05) is 35.9 Å². The van der Waals surface area contributed by atoms with Gasteiger partial charge in [-0.2, -0.15) is 5.26 Å². The number of nitrogens with zero attached hydrogens (tertiary/aromatic N) is 1. The lowest BCUT2D eigenvalue weighted by atomic mass is 10.0. The standard InChI is InChI=1S/C20H17NO3S/c1-14-7-9-18(10-8-14)25(22,23)19(13-21)12-17-11-16-5-3-4-6-20(16)24-15(17)2/h3-12,15H,1-2H3/b19-12+/t15-/m1/s1. The summed E-state index contributed by atoms with van der Waals surface area (Å²) in [6, 6.07) is 15.8. The average Bonchev–Trinajstić information content (AvgIpc) is 2.60. The first-order valence-electron chi connectivity index (χ1n) is 7.82. The van der Waals surface area contributed by atoms with Gasteiger partial charge in [-0.05, 0) is 49.8 Å². The first-order chi connectivity index (χ1) is 11.9. The van der Waals surface area contributed by atoms with Crippen molar-refractivity contribution >= 4 is 15.9 Å². The number of fused-ring (bicyclic) bond motifs is 1. The molecule has 0 spiro atoms. The van der Waals surface area contributed by atoms with Gasteiger partial charge in [0, 0.05) is 5.56 Å². The predicted octanol–water partition coefficient (Wildman–Crippen LogP) is 4.04. The van der Waals surface area contributed by atoms with Crippen molar-refractivity contribution in [1.82, 2.24) is 0 Å². The van der Waals surface area contributed by atoms with Crippen molar-refractivity contribution in [3.8, 4) is 11.8 Å². The van der Waals surface area contributed by atoms with Gasteiger partial charge in [-0.3, -0.25) is 0 Å². The molecule has 25 heavy (non-hydrogen) atoms. The summed E-state index contributed by atoms with van der Waals surface area (Å²) >= 11 is 0. The Kier molecular flexibility index (Phi) is 4.47. The summed E-state index contributed by atoms with van der Waals surface area (Å²) in [4.78, 5) is -0.186. The summed E-state index contributed by atoms with van der Waals surface area (Å²) in [5.74, 6) is 0.743. The second-order valence-corrected chi connectivity index (χ2v) is 7.80. The highest BCUT2D eigenvalue weighted by atomic mass is 32.2. The summed E-state index contributed by atoms with van der Waals surface area (Å²) in [7, 11) is -3.86. The van der Waals surface area contributed by atoms with Gasteiger partial charge in [0.25, 0.3) is 0 Å². The minimum Gasteiger partial charge on any atom is -0.485 e. The van der Waals surface area contributed by atoms with E-state index in [4.69, 9.17) is 4.74 Å². The van der Waals surface area contributed by atoms with E-state index in [0.717, 1.165) is 16.9 Å². The molecule has 2 aromatic rings. The Morgan fingerprint density at radius 2 is 1.84 bits per heavy atom. The predicted molar refractivity (Wildman–Crippen MR) is 96.6 cm³/mol. The van der Waals surface area contributed by atoms with Crippen LogP contribution in [0.1, 0.15) is 18.1 Å². The minimum atomic E-state index is -3.86. The summed E-state index contributed by atoms with van der Waals surface area (Å²) in [6.45, 7) is 3.70. The van der Waals surface area contributed by atoms with Crippen molar-refractivity contribution in [3.63, 3.8) is 0 Å². The van der Waals surface area contributed by atoms with Crippen LogP contribution in [0.25, 0.3) is 6.08 Å². The van der Waals surface area contributed by atoms with Crippen LogP contribution in [0, 0.1) is 18.3 Å². The second-order valence-electron chi connectivity index (χ2n) is 5.88. The number of allylic oxidation sites excluding steroid dienone is 1. The highest BCUT2D eigenvalue weighted by molar-refractivity contribution is 7.95. The molecule has 0 fully saturated rings. The molecule has 5 heteroatoms. The lowest BCUT2D eigenvalue weighted by molar-refractivity contribution is 0.257. The summed E-state index contributed by atoms with van der Waals surface area (Å²) in [5.41, 5.74) is 2.46. The van der Waals surface area contributed by atoms with Gasteiger partial charge in [0.2, 0.25) is 9.84 Å². The zero-order chi connectivity index (χ0) is 18.0. The molecule has 0 saturated heterocycles. The van der Waals surface area contributed by atoms with E-state index in [0.29, 0.717) is 5.57 Å². The van der Waals surface area contributed by atoms with Gasteiger partial charge < -0.3 is 4.74 Å². The Bertz CT molecular complexity index is 1010. The Morgan fingerprint density at radius 1 is 1.16 bits per heavy atom. The number of nitriles is 1. The van der Waals surface area contributed by atoms with Crippen LogP contribution >= 0.6 is 0 Å². The van der Waals surface area contributed by atoms with Gasteiger partial charge >= 0.3 is 0 Å². The number of sulfone groups is 1. The quantitative estimate of drug-likeness (QED) is 0.783. The lowest BCUT2D eigenvalue weighted by Crippen LogP contribution is -2.18. The van der Waals surface area contributed by atoms with Crippen molar-refractivity contribution in [3.05, 3.63) is 76.2 Å². The molecule has 1 aliphatic heterocycles. The molecule has 0 aromatic heterocycles. The molecule has 3 rings (SSSR count). The SMILES string of the molecule is Cc1ccc(S(=O)(=O)/C(C#N)=C/C2=Cc3ccccc3O[C@@H]2C)cc1. The monoisotopic (exact) mass is 351 g/mol. The van der Waals surface area contributed by atoms with Crippen LogP contribution < -0.4 is 4.74 Å². The zero-order valence-electron chi connectivity index (χ0n) is 13.9. The van der Waals surface area contributed by atoms with Crippen molar-refractivity contribution in [1.29, 1.82) is 5.26 Å². The maximum absolute atomic E-state index is 12.7. The molecule has 2 aromatic carbocycles. The Labute approximate surface area is 147 Å². The topological polar surface area (TPSA) is 67.2 Å². The second kappa shape index (κ2) is 6.58. The van der Waals surface area contributed by atoms with Crippen LogP contribution in [0.3, 0.4) is 0 Å². The molecule has 0 unspecified atom stereocenters. The fraction of sp³-hybridized carbons (Fsp3) is 0.150. The largest absolute Gasteiger partial charge is 0.485 e. The first kappa shape index (κ1) is 17.0. The smallest absolute Gasteiger partial charge is 0.216 e. The number of hydrogen-bond acceptors (Lipinski definition) is 4. The summed E-state index contributed by atoms with van der Waals surface area (Å²) in [6.07, 6.45) is 2.91. The third kappa shape index (κ3) is 3.35. The van der Waals surface area contributed by atoms with Crippen molar-refractivity contribution < 1.29 is 13.2 Å². The molecule has 1 heterocycles. The van der Waals surface area contributed by atoms with E-state index in [1.54, 1.807) is 12.1 Å². The van der Waals surface area contributed by atoms with E-state index in [-0.39, 0.29) is 15.9 Å². The molecule has 0 radical (unpaired) electrons. The van der Waals surface area contributed by atoms with Crippen LogP contribution in [-0.4, -0.2) is 14.5 Å². The zero-order valence-corrected chi connectivity index (χ0v) is 14.7. The molecule has 0 bridgehead atoms. The fourth-order valence-electron chi connectivity index (χ4n) is 2.59. The fourth-order valence-corrected chi connectivity index (χ4v) is 3.75. The Balaban J connectivity index is 2.05. The van der Waals surface area contributed by atoms with Crippen LogP contribution in [0.2, 0.25) is 0 Å². The van der Waals surface area contributed by atoms with E-state index in [2.05, 4.69) is 0 Å². The van der Waals surface area contributed by atoms with Crippen molar-refractivity contribution in [2.75, 3.05) is 0 Å². The molecule has 4 nitrogen and oxygen atoms in total. The molecule has 126 valence electrons. The molecule has 0 aliphatic carbocycles. The minimum absolute atomic E-state index is 0.108. The van der Waals surface area contributed by atoms with Crippen LogP contribution in [0.4, 0.5) is 0 Å². The molecule has 1 aliphatic rings. The number of ether oxygens (including phenoxy) is 1. The average molecular weight is 351 g/mol. The first-order valence-corrected chi connectivity index (χ1v) is 9.31. The number of rotatable bonds is 3. The van der Waals surface area contributed by atoms with Gasteiger partial charge in [-0.25, -0.2) is 8.42 Å². The van der Waals surface area contributed by atoms with E-state index in [1.807, 2.05) is 50.3 Å². The summed E-state index contributed by atoms with van der Waals surface area (Å²) in [5, 5.41) is 9.42. The van der Waals surface area contributed by atoms with E-state index in [9.17, 15) is 13.7 Å². The number of hydrogen-bond donors (Lipinski definition) is 0. The van der Waals surface area contributed by atoms with Gasteiger partial charge in [0.1, 0.15) is 22.8 Å². The highest BCUT2D eigenvalue weighted by Gasteiger charge is 2.24. The molecule has 0 saturated carbocycles. The molecular weight excluding hydrogens is 334 g/mol. The van der Waals surface area contributed by atoms with Crippen LogP contribution in [0.15, 0.2) is 70.0 Å². The molecule has 0 amide bonds. The Hall–Kier alpha value is -2.84. The van der Waals surface area contributed by atoms with Crippen molar-refractivity contribution in [2.45, 2.75) is 24.8 Å². The maximum Gasteiger partial charge on any atom is 0.216 e. The van der Waals surface area contributed by atoms with Crippen molar-refractivity contribution in [2.24, 2.45) is 0 Å².